The molecule has 4 heteroatoms. The van der Waals surface area contributed by atoms with Crippen molar-refractivity contribution in [2.45, 2.75) is 232 Å². The SMILES string of the molecule is CCCCCCCCCCCCCCCCC(CCCCCCCC(=O)O)OC(=O)CCCCCCCCCCCC. The zero-order chi connectivity index (χ0) is 30.8. The van der Waals surface area contributed by atoms with Crippen LogP contribution < -0.4 is 0 Å². The predicted octanol–water partition coefficient (Wildman–Crippen LogP) is 12.9. The van der Waals surface area contributed by atoms with Gasteiger partial charge in [0.25, 0.3) is 0 Å². The van der Waals surface area contributed by atoms with Crippen molar-refractivity contribution in [1.29, 1.82) is 0 Å². The lowest BCUT2D eigenvalue weighted by Gasteiger charge is -2.18. The molecule has 1 N–H and O–H groups in total. The molecule has 0 amide bonds. The van der Waals surface area contributed by atoms with E-state index in [1.165, 1.54) is 135 Å². The van der Waals surface area contributed by atoms with Crippen LogP contribution in [0.25, 0.3) is 0 Å². The summed E-state index contributed by atoms with van der Waals surface area (Å²) in [7, 11) is 0. The van der Waals surface area contributed by atoms with Crippen LogP contribution in [0.4, 0.5) is 0 Å². The minimum Gasteiger partial charge on any atom is -0.481 e. The van der Waals surface area contributed by atoms with Crippen molar-refractivity contribution >= 4 is 11.9 Å². The van der Waals surface area contributed by atoms with E-state index in [1.807, 2.05) is 0 Å². The summed E-state index contributed by atoms with van der Waals surface area (Å²) in [6, 6.07) is 0. The van der Waals surface area contributed by atoms with Crippen LogP contribution in [0.1, 0.15) is 226 Å². The molecule has 0 aromatic carbocycles. The summed E-state index contributed by atoms with van der Waals surface area (Å²) in [5.74, 6) is -0.691. The van der Waals surface area contributed by atoms with Gasteiger partial charge in [0, 0.05) is 12.8 Å². The smallest absolute Gasteiger partial charge is 0.306 e. The number of hydrogen-bond acceptors (Lipinski definition) is 3. The number of carboxylic acid groups (broad SMARTS) is 1. The maximum Gasteiger partial charge on any atom is 0.306 e. The lowest BCUT2D eigenvalue weighted by atomic mass is 10.0. The quantitative estimate of drug-likeness (QED) is 0.0585. The number of unbranched alkanes of at least 4 members (excludes halogenated alkanes) is 26. The normalized spacial score (nSPS) is 12.0. The molecule has 0 radical (unpaired) electrons. The van der Waals surface area contributed by atoms with Gasteiger partial charge in [0.1, 0.15) is 6.10 Å². The fourth-order valence-electron chi connectivity index (χ4n) is 6.01. The molecular formula is C38H74O4. The molecule has 0 spiro atoms. The monoisotopic (exact) mass is 595 g/mol. The summed E-state index contributed by atoms with van der Waals surface area (Å²) in [5, 5.41) is 8.80. The summed E-state index contributed by atoms with van der Waals surface area (Å²) in [6.45, 7) is 4.55. The Labute approximate surface area is 262 Å². The first-order chi connectivity index (χ1) is 20.6. The van der Waals surface area contributed by atoms with Gasteiger partial charge in [0.05, 0.1) is 0 Å². The topological polar surface area (TPSA) is 63.6 Å². The molecule has 250 valence electrons. The van der Waals surface area contributed by atoms with E-state index in [-0.39, 0.29) is 18.5 Å². The molecule has 42 heavy (non-hydrogen) atoms. The average Bonchev–Trinajstić information content (AvgIpc) is 2.97. The van der Waals surface area contributed by atoms with E-state index in [0.717, 1.165) is 64.2 Å². The van der Waals surface area contributed by atoms with E-state index >= 15 is 0 Å². The molecule has 0 fully saturated rings. The van der Waals surface area contributed by atoms with E-state index in [4.69, 9.17) is 9.84 Å². The molecule has 0 rings (SSSR count). The Balaban J connectivity index is 4.01. The van der Waals surface area contributed by atoms with Crippen LogP contribution in [0.5, 0.6) is 0 Å². The highest BCUT2D eigenvalue weighted by Gasteiger charge is 2.14. The van der Waals surface area contributed by atoms with Gasteiger partial charge in [-0.2, -0.15) is 0 Å². The van der Waals surface area contributed by atoms with Gasteiger partial charge in [-0.1, -0.05) is 174 Å². The summed E-state index contributed by atoms with van der Waals surface area (Å²) in [4.78, 5) is 23.3. The van der Waals surface area contributed by atoms with Gasteiger partial charge in [-0.05, 0) is 38.5 Å². The van der Waals surface area contributed by atoms with Crippen molar-refractivity contribution < 1.29 is 19.4 Å². The third-order valence-corrected chi connectivity index (χ3v) is 8.83. The Hall–Kier alpha value is -1.06. The molecule has 0 heterocycles. The zero-order valence-electron chi connectivity index (χ0n) is 28.6. The molecule has 0 saturated carbocycles. The molecule has 4 nitrogen and oxygen atoms in total. The molecule has 0 bridgehead atoms. The predicted molar refractivity (Wildman–Crippen MR) is 181 cm³/mol. The van der Waals surface area contributed by atoms with Crippen LogP contribution in [0.2, 0.25) is 0 Å². The first kappa shape index (κ1) is 40.9. The van der Waals surface area contributed by atoms with Crippen LogP contribution in [0.3, 0.4) is 0 Å². The Morgan fingerprint density at radius 1 is 0.429 bits per heavy atom. The minimum atomic E-state index is -0.697. The summed E-state index contributed by atoms with van der Waals surface area (Å²) in [6.07, 6.45) is 39.7. The van der Waals surface area contributed by atoms with Gasteiger partial charge in [-0.15, -0.1) is 0 Å². The fourth-order valence-corrected chi connectivity index (χ4v) is 6.01. The number of hydrogen-bond donors (Lipinski definition) is 1. The van der Waals surface area contributed by atoms with Crippen LogP contribution in [-0.4, -0.2) is 23.1 Å². The molecule has 0 aliphatic carbocycles. The molecule has 1 unspecified atom stereocenters. The second-order valence-corrected chi connectivity index (χ2v) is 13.1. The second-order valence-electron chi connectivity index (χ2n) is 13.1. The highest BCUT2D eigenvalue weighted by Crippen LogP contribution is 2.19. The number of carbonyl (C=O) groups is 2. The molecule has 0 aliphatic heterocycles. The Morgan fingerprint density at radius 3 is 1.05 bits per heavy atom. The van der Waals surface area contributed by atoms with Gasteiger partial charge in [-0.25, -0.2) is 0 Å². The molecule has 0 saturated heterocycles. The summed E-state index contributed by atoms with van der Waals surface area (Å²) < 4.78 is 5.99. The number of ether oxygens (including phenoxy) is 1. The van der Waals surface area contributed by atoms with Gasteiger partial charge in [0.2, 0.25) is 0 Å². The van der Waals surface area contributed by atoms with E-state index in [2.05, 4.69) is 13.8 Å². The lowest BCUT2D eigenvalue weighted by Crippen LogP contribution is -2.18. The number of esters is 1. The molecule has 0 aromatic rings. The van der Waals surface area contributed by atoms with Crippen molar-refractivity contribution in [3.63, 3.8) is 0 Å². The highest BCUT2D eigenvalue weighted by molar-refractivity contribution is 5.69. The van der Waals surface area contributed by atoms with Crippen molar-refractivity contribution in [2.24, 2.45) is 0 Å². The van der Waals surface area contributed by atoms with Crippen molar-refractivity contribution in [1.82, 2.24) is 0 Å². The largest absolute Gasteiger partial charge is 0.481 e. The Morgan fingerprint density at radius 2 is 0.714 bits per heavy atom. The van der Waals surface area contributed by atoms with Crippen LogP contribution in [0.15, 0.2) is 0 Å². The third-order valence-electron chi connectivity index (χ3n) is 8.83. The summed E-state index contributed by atoms with van der Waals surface area (Å²) >= 11 is 0. The number of rotatable bonds is 35. The molecule has 1 atom stereocenters. The maximum atomic E-state index is 12.6. The van der Waals surface area contributed by atoms with E-state index in [0.29, 0.717) is 6.42 Å². The molecule has 0 aliphatic rings. The first-order valence-corrected chi connectivity index (χ1v) is 19.0. The molecule has 0 aromatic heterocycles. The highest BCUT2D eigenvalue weighted by atomic mass is 16.5. The lowest BCUT2D eigenvalue weighted by molar-refractivity contribution is -0.150. The Bertz CT molecular complexity index is 561. The second kappa shape index (κ2) is 34.4. The van der Waals surface area contributed by atoms with Crippen LogP contribution in [0, 0.1) is 0 Å². The van der Waals surface area contributed by atoms with E-state index < -0.39 is 5.97 Å². The first-order valence-electron chi connectivity index (χ1n) is 19.0. The number of carbonyl (C=O) groups excluding carboxylic acids is 1. The minimum absolute atomic E-state index is 0.00591. The van der Waals surface area contributed by atoms with Gasteiger partial charge in [0.15, 0.2) is 0 Å². The third kappa shape index (κ3) is 33.4. The van der Waals surface area contributed by atoms with E-state index in [9.17, 15) is 9.59 Å². The van der Waals surface area contributed by atoms with Crippen molar-refractivity contribution in [3.8, 4) is 0 Å². The van der Waals surface area contributed by atoms with Crippen LogP contribution in [-0.2, 0) is 14.3 Å². The van der Waals surface area contributed by atoms with Crippen LogP contribution >= 0.6 is 0 Å². The maximum absolute atomic E-state index is 12.6. The fraction of sp³-hybridized carbons (Fsp3) is 0.947. The number of aliphatic carboxylic acids is 1. The van der Waals surface area contributed by atoms with Gasteiger partial charge in [-0.3, -0.25) is 9.59 Å². The Kier molecular flexibility index (Phi) is 33.6. The van der Waals surface area contributed by atoms with Crippen molar-refractivity contribution in [2.75, 3.05) is 0 Å². The van der Waals surface area contributed by atoms with Gasteiger partial charge >= 0.3 is 11.9 Å². The summed E-state index contributed by atoms with van der Waals surface area (Å²) in [5.41, 5.74) is 0. The van der Waals surface area contributed by atoms with Gasteiger partial charge < -0.3 is 9.84 Å². The molecular weight excluding hydrogens is 520 g/mol. The van der Waals surface area contributed by atoms with Crippen molar-refractivity contribution in [3.05, 3.63) is 0 Å². The van der Waals surface area contributed by atoms with E-state index in [1.54, 1.807) is 0 Å². The zero-order valence-corrected chi connectivity index (χ0v) is 28.6. The average molecular weight is 595 g/mol. The number of carboxylic acids is 1. The standard InChI is InChI=1S/C38H74O4/c1-3-5-7-9-11-13-15-16-17-18-19-21-24-28-32-36(33-29-25-23-26-30-34-37(39)40)42-38(41)35-31-27-22-20-14-12-10-8-6-4-2/h36H,3-35H2,1-2H3,(H,39,40).